The van der Waals surface area contributed by atoms with Gasteiger partial charge in [-0.25, -0.2) is 4.39 Å². The summed E-state index contributed by atoms with van der Waals surface area (Å²) >= 11 is 3.42. The van der Waals surface area contributed by atoms with Crippen LogP contribution in [0, 0.1) is 5.82 Å². The number of hydrogen-bond acceptors (Lipinski definition) is 2. The molecule has 2 N–H and O–H groups in total. The van der Waals surface area contributed by atoms with Gasteiger partial charge in [0.2, 0.25) is 0 Å². The van der Waals surface area contributed by atoms with Gasteiger partial charge in [0.1, 0.15) is 5.82 Å². The zero-order valence-corrected chi connectivity index (χ0v) is 13.3. The van der Waals surface area contributed by atoms with Crippen molar-refractivity contribution >= 4 is 21.8 Å². The van der Waals surface area contributed by atoms with E-state index < -0.39 is 12.1 Å². The molecule has 2 atom stereocenters. The predicted molar refractivity (Wildman–Crippen MR) is 85.1 cm³/mol. The van der Waals surface area contributed by atoms with Gasteiger partial charge in [-0.05, 0) is 60.4 Å². The first-order valence-corrected chi connectivity index (χ1v) is 7.87. The molecular formula is C17H15BrFNO2. The Hall–Kier alpha value is -1.72. The van der Waals surface area contributed by atoms with Crippen LogP contribution in [-0.4, -0.2) is 17.1 Å². The molecule has 1 aliphatic rings. The lowest BCUT2D eigenvalue weighted by Crippen LogP contribution is -2.39. The van der Waals surface area contributed by atoms with E-state index in [2.05, 4.69) is 21.2 Å². The standard InChI is InChI=1S/C17H15BrFNO2/c18-12-5-1-10-4-8-15(21)16(14(10)9-12)20-17(22)11-2-6-13(19)7-3-11/h1-3,5-7,9,15-16,21H,4,8H2,(H,20,22)/t15-,16-/m0/s1. The van der Waals surface area contributed by atoms with Crippen LogP contribution in [-0.2, 0) is 6.42 Å². The quantitative estimate of drug-likeness (QED) is 0.859. The minimum atomic E-state index is -0.633. The van der Waals surface area contributed by atoms with Crippen LogP contribution >= 0.6 is 15.9 Å². The first kappa shape index (κ1) is 15.2. The Labute approximate surface area is 136 Å². The lowest BCUT2D eigenvalue weighted by molar-refractivity contribution is 0.0791. The average molecular weight is 364 g/mol. The van der Waals surface area contributed by atoms with E-state index >= 15 is 0 Å². The molecule has 0 radical (unpaired) electrons. The lowest BCUT2D eigenvalue weighted by Gasteiger charge is -2.31. The molecule has 3 rings (SSSR count). The van der Waals surface area contributed by atoms with Gasteiger partial charge >= 0.3 is 0 Å². The predicted octanol–water partition coefficient (Wildman–Crippen LogP) is 3.37. The summed E-state index contributed by atoms with van der Waals surface area (Å²) < 4.78 is 13.8. The maximum atomic E-state index is 12.9. The Balaban J connectivity index is 1.87. The van der Waals surface area contributed by atoms with Gasteiger partial charge in [0.15, 0.2) is 0 Å². The van der Waals surface area contributed by atoms with Crippen molar-refractivity contribution in [3.05, 3.63) is 69.4 Å². The van der Waals surface area contributed by atoms with Gasteiger partial charge in [-0.2, -0.15) is 0 Å². The highest BCUT2D eigenvalue weighted by molar-refractivity contribution is 9.10. The fraction of sp³-hybridized carbons (Fsp3) is 0.235. The van der Waals surface area contributed by atoms with Crippen molar-refractivity contribution in [2.24, 2.45) is 0 Å². The molecule has 1 amide bonds. The fourth-order valence-electron chi connectivity index (χ4n) is 2.76. The Kier molecular flexibility index (Phi) is 4.27. The van der Waals surface area contributed by atoms with Crippen molar-refractivity contribution in [2.45, 2.75) is 25.0 Å². The number of benzene rings is 2. The molecule has 3 nitrogen and oxygen atoms in total. The largest absolute Gasteiger partial charge is 0.391 e. The van der Waals surface area contributed by atoms with E-state index in [1.54, 1.807) is 0 Å². The van der Waals surface area contributed by atoms with Crippen LogP contribution in [0.5, 0.6) is 0 Å². The van der Waals surface area contributed by atoms with Crippen LogP contribution in [0.25, 0.3) is 0 Å². The second-order valence-corrected chi connectivity index (χ2v) is 6.32. The number of aliphatic hydroxyl groups excluding tert-OH is 1. The third-order valence-electron chi connectivity index (χ3n) is 3.93. The number of halogens is 2. The molecule has 0 heterocycles. The summed E-state index contributed by atoms with van der Waals surface area (Å²) in [6.07, 6.45) is 0.751. The van der Waals surface area contributed by atoms with Gasteiger partial charge in [-0.3, -0.25) is 4.79 Å². The minimum absolute atomic E-state index is 0.322. The van der Waals surface area contributed by atoms with E-state index in [-0.39, 0.29) is 11.7 Å². The fourth-order valence-corrected chi connectivity index (χ4v) is 3.14. The van der Waals surface area contributed by atoms with Crippen molar-refractivity contribution in [1.29, 1.82) is 0 Å². The average Bonchev–Trinajstić information content (AvgIpc) is 2.51. The highest BCUT2D eigenvalue weighted by Crippen LogP contribution is 2.32. The molecule has 0 saturated carbocycles. The highest BCUT2D eigenvalue weighted by Gasteiger charge is 2.29. The lowest BCUT2D eigenvalue weighted by atomic mass is 9.85. The number of hydrogen-bond donors (Lipinski definition) is 2. The second kappa shape index (κ2) is 6.18. The van der Waals surface area contributed by atoms with Crippen molar-refractivity contribution < 1.29 is 14.3 Å². The van der Waals surface area contributed by atoms with Gasteiger partial charge in [0.05, 0.1) is 12.1 Å². The van der Waals surface area contributed by atoms with Crippen LogP contribution in [0.4, 0.5) is 4.39 Å². The Morgan fingerprint density at radius 1 is 1.23 bits per heavy atom. The molecular weight excluding hydrogens is 349 g/mol. The number of carbonyl (C=O) groups excluding carboxylic acids is 1. The van der Waals surface area contributed by atoms with Crippen molar-refractivity contribution in [3.63, 3.8) is 0 Å². The molecule has 2 aromatic rings. The van der Waals surface area contributed by atoms with Crippen molar-refractivity contribution in [1.82, 2.24) is 5.32 Å². The third kappa shape index (κ3) is 3.05. The van der Waals surface area contributed by atoms with Crippen LogP contribution < -0.4 is 5.32 Å². The maximum Gasteiger partial charge on any atom is 0.251 e. The smallest absolute Gasteiger partial charge is 0.251 e. The van der Waals surface area contributed by atoms with Crippen LogP contribution in [0.3, 0.4) is 0 Å². The summed E-state index contributed by atoms with van der Waals surface area (Å²) in [4.78, 5) is 12.3. The molecule has 0 unspecified atom stereocenters. The first-order valence-electron chi connectivity index (χ1n) is 7.07. The summed E-state index contributed by atoms with van der Waals surface area (Å²) in [6.45, 7) is 0. The van der Waals surface area contributed by atoms with Crippen molar-refractivity contribution in [3.8, 4) is 0 Å². The van der Waals surface area contributed by atoms with E-state index in [0.717, 1.165) is 22.0 Å². The van der Waals surface area contributed by atoms with Gasteiger partial charge in [0.25, 0.3) is 5.91 Å². The van der Waals surface area contributed by atoms with E-state index in [1.165, 1.54) is 24.3 Å². The molecule has 0 aliphatic heterocycles. The molecule has 0 spiro atoms. The molecule has 0 fully saturated rings. The van der Waals surface area contributed by atoms with Crippen LogP contribution in [0.1, 0.15) is 33.9 Å². The first-order chi connectivity index (χ1) is 10.5. The third-order valence-corrected chi connectivity index (χ3v) is 4.42. The van der Waals surface area contributed by atoms with Gasteiger partial charge < -0.3 is 10.4 Å². The number of aliphatic hydroxyl groups is 1. The van der Waals surface area contributed by atoms with Gasteiger partial charge in [-0.1, -0.05) is 22.0 Å². The van der Waals surface area contributed by atoms with Crippen LogP contribution in [0.2, 0.25) is 0 Å². The SMILES string of the molecule is O=C(N[C@H]1c2cc(Br)ccc2CC[C@@H]1O)c1ccc(F)cc1. The van der Waals surface area contributed by atoms with E-state index in [1.807, 2.05) is 18.2 Å². The van der Waals surface area contributed by atoms with E-state index in [9.17, 15) is 14.3 Å². The number of fused-ring (bicyclic) bond motifs is 1. The maximum absolute atomic E-state index is 12.9. The zero-order chi connectivity index (χ0) is 15.7. The van der Waals surface area contributed by atoms with Gasteiger partial charge in [0, 0.05) is 10.0 Å². The molecule has 2 aromatic carbocycles. The second-order valence-electron chi connectivity index (χ2n) is 5.41. The summed E-state index contributed by atoms with van der Waals surface area (Å²) in [5.41, 5.74) is 2.41. The summed E-state index contributed by atoms with van der Waals surface area (Å²) in [5.74, 6) is -0.708. The Bertz CT molecular complexity index is 702. The summed E-state index contributed by atoms with van der Waals surface area (Å²) in [6, 6.07) is 10.8. The zero-order valence-electron chi connectivity index (χ0n) is 11.7. The van der Waals surface area contributed by atoms with Crippen LogP contribution in [0.15, 0.2) is 46.9 Å². The minimum Gasteiger partial charge on any atom is -0.391 e. The number of carbonyl (C=O) groups is 1. The number of rotatable bonds is 2. The number of amides is 1. The molecule has 0 bridgehead atoms. The molecule has 114 valence electrons. The molecule has 0 aromatic heterocycles. The molecule has 5 heteroatoms. The van der Waals surface area contributed by atoms with Gasteiger partial charge in [-0.15, -0.1) is 0 Å². The monoisotopic (exact) mass is 363 g/mol. The number of aryl methyl sites for hydroxylation is 1. The normalized spacial score (nSPS) is 20.3. The Morgan fingerprint density at radius 2 is 1.95 bits per heavy atom. The van der Waals surface area contributed by atoms with E-state index in [0.29, 0.717) is 12.0 Å². The Morgan fingerprint density at radius 3 is 2.68 bits per heavy atom. The summed E-state index contributed by atoms with van der Waals surface area (Å²) in [5, 5.41) is 13.1. The number of nitrogens with one attached hydrogen (secondary N) is 1. The van der Waals surface area contributed by atoms with Crippen molar-refractivity contribution in [2.75, 3.05) is 0 Å². The van der Waals surface area contributed by atoms with E-state index in [4.69, 9.17) is 0 Å². The summed E-state index contributed by atoms with van der Waals surface area (Å²) in [7, 11) is 0. The molecule has 1 aliphatic carbocycles. The molecule has 0 saturated heterocycles. The molecule has 22 heavy (non-hydrogen) atoms. The highest BCUT2D eigenvalue weighted by atomic mass is 79.9. The topological polar surface area (TPSA) is 49.3 Å².